The third-order valence-electron chi connectivity index (χ3n) is 3.30. The Labute approximate surface area is 127 Å². The minimum absolute atomic E-state index is 0.0142. The molecule has 1 aliphatic rings. The standard InChI is InChI=1S/C14H18N4O4/c1-22-14(21)10-6-18(11(7-19)13(20)17-10)9-4-2-3-8(5-9)12(15)16/h2-6,11-12,19H,7,15-16H2,1H3,(H,17,20). The Hall–Kier alpha value is -2.42. The van der Waals surface area contributed by atoms with Gasteiger partial charge in [-0.2, -0.15) is 0 Å². The summed E-state index contributed by atoms with van der Waals surface area (Å²) in [5.74, 6) is -1.19. The largest absolute Gasteiger partial charge is 0.464 e. The Morgan fingerprint density at radius 1 is 1.50 bits per heavy atom. The van der Waals surface area contributed by atoms with Gasteiger partial charge < -0.3 is 31.5 Å². The molecule has 0 fully saturated rings. The fourth-order valence-corrected chi connectivity index (χ4v) is 2.14. The second-order valence-corrected chi connectivity index (χ2v) is 4.75. The van der Waals surface area contributed by atoms with E-state index >= 15 is 0 Å². The first-order valence-electron chi connectivity index (χ1n) is 6.59. The zero-order valence-electron chi connectivity index (χ0n) is 12.0. The first kappa shape index (κ1) is 16.0. The number of nitrogens with zero attached hydrogens (tertiary/aromatic N) is 1. The van der Waals surface area contributed by atoms with Gasteiger partial charge in [-0.1, -0.05) is 12.1 Å². The maximum Gasteiger partial charge on any atom is 0.356 e. The van der Waals surface area contributed by atoms with Crippen LogP contribution in [0.4, 0.5) is 5.69 Å². The van der Waals surface area contributed by atoms with Crippen LogP contribution < -0.4 is 21.7 Å². The van der Waals surface area contributed by atoms with Crippen LogP contribution in [-0.2, 0) is 14.3 Å². The van der Waals surface area contributed by atoms with Crippen LogP contribution in [0.5, 0.6) is 0 Å². The van der Waals surface area contributed by atoms with Gasteiger partial charge in [0.05, 0.1) is 19.9 Å². The predicted molar refractivity (Wildman–Crippen MR) is 79.2 cm³/mol. The highest BCUT2D eigenvalue weighted by molar-refractivity contribution is 5.99. The molecule has 1 unspecified atom stereocenters. The molecule has 1 aromatic rings. The van der Waals surface area contributed by atoms with Crippen molar-refractivity contribution >= 4 is 17.6 Å². The summed E-state index contributed by atoms with van der Waals surface area (Å²) in [5.41, 5.74) is 12.5. The van der Waals surface area contributed by atoms with E-state index < -0.39 is 30.7 Å². The zero-order chi connectivity index (χ0) is 16.3. The number of anilines is 1. The molecule has 1 heterocycles. The third-order valence-corrected chi connectivity index (χ3v) is 3.30. The SMILES string of the molecule is COC(=O)C1=CN(c2cccc(C(N)N)c2)C(CO)C(=O)N1. The molecular weight excluding hydrogens is 288 g/mol. The Bertz CT molecular complexity index is 615. The first-order valence-corrected chi connectivity index (χ1v) is 6.59. The summed E-state index contributed by atoms with van der Waals surface area (Å²) in [7, 11) is 1.21. The average molecular weight is 306 g/mol. The lowest BCUT2D eigenvalue weighted by Gasteiger charge is -2.33. The number of aliphatic hydroxyl groups is 1. The van der Waals surface area contributed by atoms with Crippen molar-refractivity contribution in [3.63, 3.8) is 0 Å². The molecule has 2 rings (SSSR count). The minimum atomic E-state index is -0.863. The van der Waals surface area contributed by atoms with Gasteiger partial charge in [0.15, 0.2) is 0 Å². The highest BCUT2D eigenvalue weighted by atomic mass is 16.5. The summed E-state index contributed by atoms with van der Waals surface area (Å²) in [4.78, 5) is 25.2. The molecule has 6 N–H and O–H groups in total. The molecule has 8 heteroatoms. The molecule has 0 bridgehead atoms. The normalized spacial score (nSPS) is 18.0. The van der Waals surface area contributed by atoms with Crippen LogP contribution in [0.2, 0.25) is 0 Å². The van der Waals surface area contributed by atoms with Crippen LogP contribution in [0.1, 0.15) is 11.7 Å². The number of carbonyl (C=O) groups is 2. The Morgan fingerprint density at radius 3 is 2.82 bits per heavy atom. The Balaban J connectivity index is 2.45. The molecule has 0 saturated carbocycles. The monoisotopic (exact) mass is 306 g/mol. The van der Waals surface area contributed by atoms with Crippen molar-refractivity contribution in [3.05, 3.63) is 41.7 Å². The molecule has 0 aromatic heterocycles. The van der Waals surface area contributed by atoms with Crippen LogP contribution >= 0.6 is 0 Å². The van der Waals surface area contributed by atoms with E-state index in [-0.39, 0.29) is 5.70 Å². The fraction of sp³-hybridized carbons (Fsp3) is 0.286. The van der Waals surface area contributed by atoms with Crippen LogP contribution in [0.3, 0.4) is 0 Å². The van der Waals surface area contributed by atoms with E-state index in [1.165, 1.54) is 18.2 Å². The van der Waals surface area contributed by atoms with Crippen LogP contribution in [-0.4, -0.2) is 36.7 Å². The number of amides is 1. The summed E-state index contributed by atoms with van der Waals surface area (Å²) >= 11 is 0. The van der Waals surface area contributed by atoms with E-state index in [4.69, 9.17) is 11.5 Å². The van der Waals surface area contributed by atoms with Crippen molar-refractivity contribution in [1.82, 2.24) is 5.32 Å². The second kappa shape index (κ2) is 6.56. The first-order chi connectivity index (χ1) is 10.5. The lowest BCUT2D eigenvalue weighted by Crippen LogP contribution is -2.52. The lowest BCUT2D eigenvalue weighted by atomic mass is 10.1. The second-order valence-electron chi connectivity index (χ2n) is 4.75. The third kappa shape index (κ3) is 3.08. The van der Waals surface area contributed by atoms with Gasteiger partial charge in [-0.25, -0.2) is 4.79 Å². The van der Waals surface area contributed by atoms with E-state index in [2.05, 4.69) is 10.1 Å². The van der Waals surface area contributed by atoms with E-state index in [0.717, 1.165) is 0 Å². The topological polar surface area (TPSA) is 131 Å². The van der Waals surface area contributed by atoms with Gasteiger partial charge in [0.2, 0.25) is 5.91 Å². The molecule has 1 amide bonds. The highest BCUT2D eigenvalue weighted by Crippen LogP contribution is 2.24. The predicted octanol–water partition coefficient (Wildman–Crippen LogP) is -1.09. The molecule has 1 aliphatic heterocycles. The summed E-state index contributed by atoms with van der Waals surface area (Å²) in [6, 6.07) is 6.02. The summed E-state index contributed by atoms with van der Waals surface area (Å²) in [6.45, 7) is -0.421. The van der Waals surface area contributed by atoms with Crippen LogP contribution in [0.25, 0.3) is 0 Å². The van der Waals surface area contributed by atoms with E-state index in [1.807, 2.05) is 0 Å². The number of rotatable bonds is 4. The molecule has 0 saturated heterocycles. The van der Waals surface area contributed by atoms with Gasteiger partial charge in [-0.3, -0.25) is 4.79 Å². The molecule has 0 aliphatic carbocycles. The Kier molecular flexibility index (Phi) is 4.76. The summed E-state index contributed by atoms with van der Waals surface area (Å²) in [5, 5.41) is 11.9. The highest BCUT2D eigenvalue weighted by Gasteiger charge is 2.32. The quantitative estimate of drug-likeness (QED) is 0.411. The summed E-state index contributed by atoms with van der Waals surface area (Å²) in [6.07, 6.45) is 0.741. The van der Waals surface area contributed by atoms with Crippen molar-refractivity contribution in [1.29, 1.82) is 0 Å². The molecule has 0 radical (unpaired) electrons. The molecule has 22 heavy (non-hydrogen) atoms. The van der Waals surface area contributed by atoms with Crippen molar-refractivity contribution in [3.8, 4) is 0 Å². The Morgan fingerprint density at radius 2 is 2.23 bits per heavy atom. The van der Waals surface area contributed by atoms with Gasteiger partial charge in [-0.05, 0) is 17.7 Å². The van der Waals surface area contributed by atoms with Gasteiger partial charge in [0.1, 0.15) is 11.7 Å². The number of benzene rings is 1. The zero-order valence-corrected chi connectivity index (χ0v) is 12.0. The van der Waals surface area contributed by atoms with Gasteiger partial charge in [0, 0.05) is 11.9 Å². The molecule has 1 atom stereocenters. The van der Waals surface area contributed by atoms with Gasteiger partial charge in [0.25, 0.3) is 0 Å². The van der Waals surface area contributed by atoms with E-state index in [0.29, 0.717) is 11.3 Å². The van der Waals surface area contributed by atoms with Crippen molar-refractivity contribution in [2.45, 2.75) is 12.2 Å². The lowest BCUT2D eigenvalue weighted by molar-refractivity contribution is -0.138. The van der Waals surface area contributed by atoms with Crippen LogP contribution in [0.15, 0.2) is 36.2 Å². The molecule has 0 spiro atoms. The minimum Gasteiger partial charge on any atom is -0.464 e. The van der Waals surface area contributed by atoms with Crippen molar-refractivity contribution in [2.75, 3.05) is 18.6 Å². The van der Waals surface area contributed by atoms with Crippen LogP contribution in [0, 0.1) is 0 Å². The molecular formula is C14H18N4O4. The van der Waals surface area contributed by atoms with Gasteiger partial charge >= 0.3 is 5.97 Å². The number of hydrogen-bond donors (Lipinski definition) is 4. The number of carbonyl (C=O) groups excluding carboxylic acids is 2. The van der Waals surface area contributed by atoms with E-state index in [1.54, 1.807) is 24.3 Å². The number of esters is 1. The van der Waals surface area contributed by atoms with Crippen molar-refractivity contribution < 1.29 is 19.4 Å². The molecule has 8 nitrogen and oxygen atoms in total. The molecule has 118 valence electrons. The van der Waals surface area contributed by atoms with Gasteiger partial charge in [-0.15, -0.1) is 0 Å². The number of ether oxygens (including phenoxy) is 1. The number of nitrogens with one attached hydrogen (secondary N) is 1. The number of methoxy groups -OCH3 is 1. The smallest absolute Gasteiger partial charge is 0.356 e. The van der Waals surface area contributed by atoms with E-state index in [9.17, 15) is 14.7 Å². The van der Waals surface area contributed by atoms with Crippen molar-refractivity contribution in [2.24, 2.45) is 11.5 Å². The fourth-order valence-electron chi connectivity index (χ4n) is 2.14. The molecule has 1 aromatic carbocycles. The average Bonchev–Trinajstić information content (AvgIpc) is 2.53. The maximum atomic E-state index is 12.0. The number of aliphatic hydroxyl groups excluding tert-OH is 1. The summed E-state index contributed by atoms with van der Waals surface area (Å²) < 4.78 is 4.60. The maximum absolute atomic E-state index is 12.0. The number of hydrogen-bond acceptors (Lipinski definition) is 7. The number of nitrogens with two attached hydrogens (primary N) is 2.